The van der Waals surface area contributed by atoms with Crippen LogP contribution in [0.1, 0.15) is 102 Å². The number of hydrogen-bond donors (Lipinski definition) is 4. The quantitative estimate of drug-likeness (QED) is 0.116. The molecule has 2 aromatic carbocycles. The van der Waals surface area contributed by atoms with Crippen molar-refractivity contribution in [1.82, 2.24) is 35.4 Å². The summed E-state index contributed by atoms with van der Waals surface area (Å²) in [5.74, 6) is 0.0275. The van der Waals surface area contributed by atoms with Gasteiger partial charge in [0.15, 0.2) is 0 Å². The number of pyridine rings is 1. The van der Waals surface area contributed by atoms with Crippen molar-refractivity contribution in [2.45, 2.75) is 121 Å². The average Bonchev–Trinajstić information content (AvgIpc) is 4.19. The van der Waals surface area contributed by atoms with Crippen LogP contribution >= 0.6 is 0 Å². The van der Waals surface area contributed by atoms with Crippen molar-refractivity contribution in [2.24, 2.45) is 21.6 Å². The van der Waals surface area contributed by atoms with Gasteiger partial charge in [-0.25, -0.2) is 14.6 Å². The number of carbonyl (C=O) groups is 4. The number of aromatic nitrogens is 3. The molecule has 9 rings (SSSR count). The van der Waals surface area contributed by atoms with Crippen LogP contribution in [0.2, 0.25) is 0 Å². The van der Waals surface area contributed by atoms with E-state index in [4.69, 9.17) is 19.4 Å². The number of benzene rings is 2. The highest BCUT2D eigenvalue weighted by atomic mass is 32.2. The second-order valence-electron chi connectivity index (χ2n) is 19.7. The van der Waals surface area contributed by atoms with Crippen LogP contribution in [0.3, 0.4) is 0 Å². The number of imidazole rings is 1. The van der Waals surface area contributed by atoms with Crippen molar-refractivity contribution in [1.29, 1.82) is 0 Å². The van der Waals surface area contributed by atoms with Gasteiger partial charge in [0, 0.05) is 30.4 Å². The largest absolute Gasteiger partial charge is 0.453 e. The van der Waals surface area contributed by atoms with Crippen molar-refractivity contribution in [3.05, 3.63) is 71.8 Å². The van der Waals surface area contributed by atoms with Crippen LogP contribution in [0.4, 0.5) is 15.3 Å². The van der Waals surface area contributed by atoms with E-state index in [1.54, 1.807) is 22.1 Å². The molecular formula is C50H61N9O8S. The van der Waals surface area contributed by atoms with Gasteiger partial charge in [0.1, 0.15) is 28.6 Å². The zero-order valence-corrected chi connectivity index (χ0v) is 40.4. The third kappa shape index (κ3) is 8.82. The minimum atomic E-state index is -4.11. The number of amides is 4. The number of methoxy groups -OCH3 is 2. The Hall–Kier alpha value is -6.30. The zero-order valence-electron chi connectivity index (χ0n) is 39.6. The Morgan fingerprint density at radius 1 is 0.735 bits per heavy atom. The van der Waals surface area contributed by atoms with E-state index in [0.717, 1.165) is 72.2 Å². The summed E-state index contributed by atoms with van der Waals surface area (Å²) in [7, 11) is -1.58. The van der Waals surface area contributed by atoms with Gasteiger partial charge in [0.25, 0.3) is 10.0 Å². The summed E-state index contributed by atoms with van der Waals surface area (Å²) < 4.78 is 41.4. The fourth-order valence-electron chi connectivity index (χ4n) is 11.1. The lowest BCUT2D eigenvalue weighted by molar-refractivity contribution is -0.135. The molecule has 0 bridgehead atoms. The predicted molar refractivity (Wildman–Crippen MR) is 256 cm³/mol. The molecule has 3 aliphatic heterocycles. The first-order valence-electron chi connectivity index (χ1n) is 23.8. The number of likely N-dealkylation sites (tertiary alicyclic amines) is 2. The number of alkyl carbamates (subject to hydrolysis) is 2. The van der Waals surface area contributed by atoms with E-state index in [1.165, 1.54) is 38.2 Å². The summed E-state index contributed by atoms with van der Waals surface area (Å²) in [5.41, 5.74) is 8.49. The number of carbonyl (C=O) groups excluding carboxylic acids is 4. The summed E-state index contributed by atoms with van der Waals surface area (Å²) in [6, 6.07) is 11.2. The van der Waals surface area contributed by atoms with E-state index in [0.29, 0.717) is 37.4 Å². The van der Waals surface area contributed by atoms with Crippen LogP contribution in [0, 0.1) is 17.3 Å². The van der Waals surface area contributed by atoms with Crippen molar-refractivity contribution in [2.75, 3.05) is 32.6 Å². The third-order valence-corrected chi connectivity index (χ3v) is 16.0. The van der Waals surface area contributed by atoms with E-state index in [1.807, 2.05) is 46.0 Å². The minimum absolute atomic E-state index is 0.0630. The van der Waals surface area contributed by atoms with Gasteiger partial charge in [-0.2, -0.15) is 8.42 Å². The number of anilines is 1. The first-order chi connectivity index (χ1) is 32.6. The van der Waals surface area contributed by atoms with Crippen LogP contribution in [0.5, 0.6) is 0 Å². The smallest absolute Gasteiger partial charge is 0.407 e. The molecule has 5 heterocycles. The highest BCUT2D eigenvalue weighted by Crippen LogP contribution is 2.53. The summed E-state index contributed by atoms with van der Waals surface area (Å²) in [6.07, 6.45) is 11.6. The molecule has 360 valence electrons. The van der Waals surface area contributed by atoms with Gasteiger partial charge in [-0.3, -0.25) is 14.6 Å². The number of hydrogen-bond acceptors (Lipinski definition) is 11. The summed E-state index contributed by atoms with van der Waals surface area (Å²) in [6.45, 7) is 8.42. The van der Waals surface area contributed by atoms with Crippen molar-refractivity contribution < 1.29 is 37.1 Å². The lowest BCUT2D eigenvalue weighted by Crippen LogP contribution is -2.54. The van der Waals surface area contributed by atoms with Crippen molar-refractivity contribution in [3.63, 3.8) is 0 Å². The summed E-state index contributed by atoms with van der Waals surface area (Å²) in [5, 5.41) is 8.68. The molecule has 0 unspecified atom stereocenters. The number of nitrogens with zero attached hydrogens (tertiary/aromatic N) is 5. The van der Waals surface area contributed by atoms with Crippen LogP contribution in [-0.4, -0.2) is 108 Å². The van der Waals surface area contributed by atoms with Crippen LogP contribution in [0.15, 0.2) is 64.2 Å². The maximum absolute atomic E-state index is 13.9. The molecule has 4 aromatic rings. The zero-order chi connectivity index (χ0) is 48.1. The molecule has 2 saturated heterocycles. The second-order valence-corrected chi connectivity index (χ2v) is 21.3. The number of fused-ring (bicyclic) bond motifs is 2. The van der Waals surface area contributed by atoms with Gasteiger partial charge >= 0.3 is 12.2 Å². The van der Waals surface area contributed by atoms with Crippen LogP contribution in [-0.2, 0) is 41.9 Å². The molecule has 17 nitrogen and oxygen atoms in total. The number of amidine groups is 1. The lowest BCUT2D eigenvalue weighted by atomic mass is 9.82. The fraction of sp³-hybridized carbons (Fsp3) is 0.500. The Bertz CT molecular complexity index is 2760. The number of nitrogens with one attached hydrogen (secondary N) is 4. The van der Waals surface area contributed by atoms with Crippen molar-refractivity contribution in [3.8, 4) is 33.6 Å². The molecule has 4 amide bonds. The van der Waals surface area contributed by atoms with Gasteiger partial charge in [-0.15, -0.1) is 4.40 Å². The maximum atomic E-state index is 13.9. The lowest BCUT2D eigenvalue weighted by Gasteiger charge is -2.32. The molecule has 18 heteroatoms. The Morgan fingerprint density at radius 3 is 1.93 bits per heavy atom. The van der Waals surface area contributed by atoms with E-state index in [9.17, 15) is 27.6 Å². The van der Waals surface area contributed by atoms with Gasteiger partial charge in [-0.1, -0.05) is 70.9 Å². The normalized spacial score (nSPS) is 21.0. The molecule has 4 N–H and O–H groups in total. The standard InChI is InChI=1S/C50H61N9O8S/c1-28(2)41(55-48(62)66-5)46(60)58-21-9-11-38(58)44-52-27-37(54-44)30-13-15-31(16-14-30)43-34-25-50(19-7-8-20-50)24-33(34)35(26-51-43)32-17-18-40-36(23-32)53-45(57-68(40,64)65)39-12-10-22-59(39)47(61)42(29(3)4)56-49(63)67-6/h13-18,23,26-29,38-39,41-42H,7-12,19-22,24-25H2,1-6H3,(H,52,54)(H,53,57)(H,55,62)(H,56,63)/t38-,39-,41-,42-/m0/s1. The SMILES string of the molecule is COC(=O)N[C@H](C(=O)N1CCC[C@H]1C1=NS(=O)(=O)c2ccc(-c3cnc(-c4ccc(-c5cnc([C@@H]6CCCN6C(=O)[C@@H](NC(=O)OC)C(C)C)[nH]5)cc4)c4c3CC3(CCCC3)C4)cc2N1)C(C)C. The average molecular weight is 948 g/mol. The van der Waals surface area contributed by atoms with Crippen LogP contribution < -0.4 is 16.0 Å². The molecule has 2 aliphatic carbocycles. The molecule has 68 heavy (non-hydrogen) atoms. The Kier molecular flexibility index (Phi) is 12.8. The third-order valence-electron chi connectivity index (χ3n) is 14.7. The fourth-order valence-corrected chi connectivity index (χ4v) is 12.3. The highest BCUT2D eigenvalue weighted by Gasteiger charge is 2.44. The van der Waals surface area contributed by atoms with E-state index in [-0.39, 0.29) is 45.8 Å². The number of rotatable bonds is 11. The van der Waals surface area contributed by atoms with Crippen LogP contribution in [0.25, 0.3) is 33.6 Å². The molecule has 3 fully saturated rings. The first kappa shape index (κ1) is 46.8. The van der Waals surface area contributed by atoms with Gasteiger partial charge in [0.05, 0.1) is 49.6 Å². The van der Waals surface area contributed by atoms with Gasteiger partial charge in [-0.05, 0) is 103 Å². The Morgan fingerprint density at radius 2 is 1.31 bits per heavy atom. The number of aromatic amines is 1. The molecule has 5 aliphatic rings. The van der Waals surface area contributed by atoms with E-state index in [2.05, 4.69) is 49.6 Å². The Balaban J connectivity index is 0.975. The number of sulfonamides is 1. The molecule has 4 atom stereocenters. The molecule has 1 saturated carbocycles. The number of ether oxygens (including phenoxy) is 2. The summed E-state index contributed by atoms with van der Waals surface area (Å²) in [4.78, 5) is 68.7. The topological polar surface area (TPSA) is 217 Å². The minimum Gasteiger partial charge on any atom is -0.453 e. The molecule has 1 spiro atoms. The molecular weight excluding hydrogens is 887 g/mol. The van der Waals surface area contributed by atoms with Crippen molar-refractivity contribution >= 4 is 45.5 Å². The summed E-state index contributed by atoms with van der Waals surface area (Å²) >= 11 is 0. The highest BCUT2D eigenvalue weighted by molar-refractivity contribution is 7.90. The second kappa shape index (κ2) is 18.7. The van der Waals surface area contributed by atoms with Gasteiger partial charge in [0.2, 0.25) is 11.8 Å². The van der Waals surface area contributed by atoms with E-state index < -0.39 is 40.3 Å². The van der Waals surface area contributed by atoms with Gasteiger partial charge < -0.3 is 40.2 Å². The molecule has 2 aromatic heterocycles. The number of H-pyrrole nitrogens is 1. The Labute approximate surface area is 397 Å². The van der Waals surface area contributed by atoms with E-state index >= 15 is 0 Å². The molecule has 0 radical (unpaired) electrons. The first-order valence-corrected chi connectivity index (χ1v) is 25.3. The predicted octanol–water partition coefficient (Wildman–Crippen LogP) is 7.39. The monoisotopic (exact) mass is 947 g/mol. The maximum Gasteiger partial charge on any atom is 0.407 e.